The molecule has 0 aromatic heterocycles. The molecule has 0 saturated carbocycles. The van der Waals surface area contributed by atoms with Crippen LogP contribution in [0.25, 0.3) is 0 Å². The Balaban J connectivity index is 3.00. The van der Waals surface area contributed by atoms with Crippen LogP contribution >= 0.6 is 11.8 Å². The molecule has 0 heterocycles. The number of nitrogens with one attached hydrogen (secondary N) is 3. The lowest BCUT2D eigenvalue weighted by Crippen LogP contribution is -2.58. The van der Waals surface area contributed by atoms with Crippen molar-refractivity contribution < 1.29 is 34.2 Å². The fraction of sp³-hybridized carbons (Fsp3) is 0.560. The highest BCUT2D eigenvalue weighted by Crippen LogP contribution is 2.13. The summed E-state index contributed by atoms with van der Waals surface area (Å²) in [5.74, 6) is -3.72. The number of carbonyl (C=O) groups is 5. The van der Waals surface area contributed by atoms with Crippen LogP contribution in [0.15, 0.2) is 24.3 Å². The van der Waals surface area contributed by atoms with Gasteiger partial charge < -0.3 is 37.6 Å². The van der Waals surface area contributed by atoms with Gasteiger partial charge in [-0.1, -0.05) is 32.4 Å². The molecule has 0 fully saturated rings. The Kier molecular flexibility index (Phi) is 14.2. The van der Waals surface area contributed by atoms with Crippen molar-refractivity contribution in [2.45, 2.75) is 70.1 Å². The van der Waals surface area contributed by atoms with Gasteiger partial charge in [0.05, 0.1) is 6.04 Å². The fourth-order valence-corrected chi connectivity index (χ4v) is 3.99. The van der Waals surface area contributed by atoms with E-state index in [9.17, 15) is 34.2 Å². The maximum absolute atomic E-state index is 13.2. The number of aliphatic carboxylic acids is 1. The van der Waals surface area contributed by atoms with Crippen LogP contribution in [0.2, 0.25) is 0 Å². The van der Waals surface area contributed by atoms with E-state index in [0.29, 0.717) is 17.7 Å². The Morgan fingerprint density at radius 1 is 0.947 bits per heavy atom. The summed E-state index contributed by atoms with van der Waals surface area (Å²) in [5, 5.41) is 26.5. The number of carboxylic acid groups (broad SMARTS) is 1. The number of carbonyl (C=O) groups excluding carboxylic acids is 4. The fourth-order valence-electron chi connectivity index (χ4n) is 3.52. The minimum Gasteiger partial charge on any atom is -0.508 e. The minimum absolute atomic E-state index is 0.0779. The number of primary amides is 1. The molecule has 0 aliphatic rings. The van der Waals surface area contributed by atoms with Crippen LogP contribution < -0.4 is 27.4 Å². The smallest absolute Gasteiger partial charge is 0.326 e. The first-order valence-corrected chi connectivity index (χ1v) is 13.7. The van der Waals surface area contributed by atoms with Crippen LogP contribution in [0.5, 0.6) is 5.75 Å². The number of phenolic OH excluding ortho intramolecular Hbond substituents is 1. The van der Waals surface area contributed by atoms with Gasteiger partial charge in [0.1, 0.15) is 23.9 Å². The van der Waals surface area contributed by atoms with Crippen LogP contribution in [-0.4, -0.2) is 76.0 Å². The van der Waals surface area contributed by atoms with Crippen LogP contribution in [0.1, 0.15) is 45.1 Å². The van der Waals surface area contributed by atoms with Crippen molar-refractivity contribution in [1.82, 2.24) is 16.0 Å². The normalized spacial score (nSPS) is 14.8. The zero-order valence-electron chi connectivity index (χ0n) is 21.9. The Labute approximate surface area is 226 Å². The van der Waals surface area contributed by atoms with Gasteiger partial charge in [-0.2, -0.15) is 11.8 Å². The Morgan fingerprint density at radius 3 is 2.08 bits per heavy atom. The summed E-state index contributed by atoms with van der Waals surface area (Å²) >= 11 is 1.42. The van der Waals surface area contributed by atoms with Gasteiger partial charge in [0.25, 0.3) is 0 Å². The largest absolute Gasteiger partial charge is 0.508 e. The first-order valence-electron chi connectivity index (χ1n) is 12.3. The van der Waals surface area contributed by atoms with E-state index >= 15 is 0 Å². The van der Waals surface area contributed by atoms with Gasteiger partial charge in [-0.3, -0.25) is 19.2 Å². The van der Waals surface area contributed by atoms with Crippen LogP contribution in [0.4, 0.5) is 0 Å². The topological polar surface area (TPSA) is 214 Å². The Bertz CT molecular complexity index is 960. The molecule has 1 aromatic carbocycles. The first kappa shape index (κ1) is 32.7. The van der Waals surface area contributed by atoms with Gasteiger partial charge in [-0.15, -0.1) is 0 Å². The van der Waals surface area contributed by atoms with Gasteiger partial charge >= 0.3 is 5.97 Å². The summed E-state index contributed by atoms with van der Waals surface area (Å²) in [4.78, 5) is 61.9. The third-order valence-electron chi connectivity index (χ3n) is 6.06. The summed E-state index contributed by atoms with van der Waals surface area (Å²) < 4.78 is 0. The molecule has 0 aliphatic carbocycles. The van der Waals surface area contributed by atoms with Gasteiger partial charge in [-0.05, 0) is 54.9 Å². The van der Waals surface area contributed by atoms with E-state index in [4.69, 9.17) is 11.5 Å². The highest BCUT2D eigenvalue weighted by Gasteiger charge is 2.32. The van der Waals surface area contributed by atoms with E-state index < -0.39 is 53.8 Å². The molecule has 5 unspecified atom stereocenters. The Morgan fingerprint density at radius 2 is 1.55 bits per heavy atom. The molecule has 13 heteroatoms. The van der Waals surface area contributed by atoms with E-state index in [-0.39, 0.29) is 37.4 Å². The van der Waals surface area contributed by atoms with Crippen molar-refractivity contribution in [3.8, 4) is 5.75 Å². The van der Waals surface area contributed by atoms with E-state index in [1.807, 2.05) is 6.92 Å². The second kappa shape index (κ2) is 16.5. The van der Waals surface area contributed by atoms with Gasteiger partial charge in [0.15, 0.2) is 0 Å². The molecule has 212 valence electrons. The van der Waals surface area contributed by atoms with Crippen molar-refractivity contribution in [2.24, 2.45) is 17.4 Å². The van der Waals surface area contributed by atoms with E-state index in [1.165, 1.54) is 23.9 Å². The quantitative estimate of drug-likeness (QED) is 0.137. The number of carboxylic acids is 1. The molecule has 1 aromatic rings. The molecule has 0 aliphatic heterocycles. The molecule has 0 spiro atoms. The average molecular weight is 554 g/mol. The van der Waals surface area contributed by atoms with Gasteiger partial charge in [-0.25, -0.2) is 4.79 Å². The number of hydrogen-bond donors (Lipinski definition) is 7. The summed E-state index contributed by atoms with van der Waals surface area (Å²) in [6.45, 7) is 3.57. The number of phenols is 1. The van der Waals surface area contributed by atoms with Crippen molar-refractivity contribution in [2.75, 3.05) is 12.0 Å². The number of rotatable bonds is 17. The summed E-state index contributed by atoms with van der Waals surface area (Å²) in [5.41, 5.74) is 12.0. The second-order valence-corrected chi connectivity index (χ2v) is 10.1. The molecule has 12 nitrogen and oxygen atoms in total. The molecule has 1 rings (SSSR count). The number of thioether (sulfide) groups is 1. The predicted octanol–water partition coefficient (Wildman–Crippen LogP) is -0.134. The maximum Gasteiger partial charge on any atom is 0.326 e. The molecule has 5 atom stereocenters. The number of benzene rings is 1. The van der Waals surface area contributed by atoms with Crippen LogP contribution in [-0.2, 0) is 30.4 Å². The standard InChI is InChI=1S/C25H39N5O7S/c1-4-14(2)21(30-22(33)17(26)13-15-5-7-16(31)8-6-15)24(35)28-18(9-10-20(27)32)23(34)29-19(25(36)37)11-12-38-3/h5-8,14,17-19,21,31H,4,9-13,26H2,1-3H3,(H2,27,32)(H,28,35)(H,29,34)(H,30,33)(H,36,37). The van der Waals surface area contributed by atoms with Crippen molar-refractivity contribution in [3.05, 3.63) is 29.8 Å². The lowest BCUT2D eigenvalue weighted by atomic mass is 9.96. The molecule has 0 bridgehead atoms. The lowest BCUT2D eigenvalue weighted by molar-refractivity contribution is -0.142. The highest BCUT2D eigenvalue weighted by molar-refractivity contribution is 7.98. The summed E-state index contributed by atoms with van der Waals surface area (Å²) in [7, 11) is 0. The third kappa shape index (κ3) is 11.4. The lowest BCUT2D eigenvalue weighted by Gasteiger charge is -2.28. The van der Waals surface area contributed by atoms with Crippen molar-refractivity contribution in [3.63, 3.8) is 0 Å². The second-order valence-electron chi connectivity index (χ2n) is 9.10. The summed E-state index contributed by atoms with van der Waals surface area (Å²) in [6.07, 6.45) is 2.28. The number of aromatic hydroxyl groups is 1. The zero-order valence-corrected chi connectivity index (χ0v) is 22.8. The van der Waals surface area contributed by atoms with E-state index in [0.717, 1.165) is 0 Å². The first-order chi connectivity index (χ1) is 17.9. The minimum atomic E-state index is -1.25. The van der Waals surface area contributed by atoms with Crippen molar-refractivity contribution >= 4 is 41.4 Å². The molecule has 38 heavy (non-hydrogen) atoms. The van der Waals surface area contributed by atoms with Gasteiger partial charge in [0, 0.05) is 6.42 Å². The highest BCUT2D eigenvalue weighted by atomic mass is 32.2. The molecular formula is C25H39N5O7S. The predicted molar refractivity (Wildman–Crippen MR) is 144 cm³/mol. The number of hydrogen-bond acceptors (Lipinski definition) is 8. The molecule has 9 N–H and O–H groups in total. The van der Waals surface area contributed by atoms with Crippen molar-refractivity contribution in [1.29, 1.82) is 0 Å². The maximum atomic E-state index is 13.2. The molecule has 4 amide bonds. The van der Waals surface area contributed by atoms with E-state index in [1.54, 1.807) is 25.3 Å². The van der Waals surface area contributed by atoms with Gasteiger partial charge in [0.2, 0.25) is 23.6 Å². The average Bonchev–Trinajstić information content (AvgIpc) is 2.87. The molecular weight excluding hydrogens is 514 g/mol. The molecule has 0 radical (unpaired) electrons. The number of amides is 4. The molecule has 0 saturated heterocycles. The van der Waals surface area contributed by atoms with Crippen LogP contribution in [0.3, 0.4) is 0 Å². The summed E-state index contributed by atoms with van der Waals surface area (Å²) in [6, 6.07) is 1.76. The monoisotopic (exact) mass is 553 g/mol. The van der Waals surface area contributed by atoms with Crippen LogP contribution in [0, 0.1) is 5.92 Å². The van der Waals surface area contributed by atoms with E-state index in [2.05, 4.69) is 16.0 Å². The Hall–Kier alpha value is -3.32. The SMILES string of the molecule is CCC(C)C(NC(=O)C(N)Cc1ccc(O)cc1)C(=O)NC(CCC(N)=O)C(=O)NC(CCSC)C(=O)O. The third-order valence-corrected chi connectivity index (χ3v) is 6.70. The zero-order chi connectivity index (χ0) is 28.8. The number of nitrogens with two attached hydrogens (primary N) is 2.